The maximum Gasteiger partial charge on any atom is 0.250 e. The maximum absolute atomic E-state index is 13.3. The van der Waals surface area contributed by atoms with E-state index in [1.54, 1.807) is 12.1 Å². The molecule has 0 bridgehead atoms. The predicted octanol–water partition coefficient (Wildman–Crippen LogP) is 4.94. The Kier molecular flexibility index (Phi) is 5.86. The predicted molar refractivity (Wildman–Crippen MR) is 117 cm³/mol. The molecule has 0 amide bonds. The maximum atomic E-state index is 13.3. The molecule has 4 aromatic rings. The molecule has 30 heavy (non-hydrogen) atoms. The molecule has 3 N–H and O–H groups in total. The van der Waals surface area contributed by atoms with Gasteiger partial charge in [0.15, 0.2) is 0 Å². The van der Waals surface area contributed by atoms with Crippen molar-refractivity contribution in [3.8, 4) is 0 Å². The molecule has 0 unspecified atom stereocenters. The first-order chi connectivity index (χ1) is 14.7. The van der Waals surface area contributed by atoms with Crippen molar-refractivity contribution in [2.24, 2.45) is 5.10 Å². The zero-order valence-electron chi connectivity index (χ0n) is 15.8. The van der Waals surface area contributed by atoms with E-state index in [1.165, 1.54) is 18.3 Å². The van der Waals surface area contributed by atoms with Crippen LogP contribution in [0.2, 0.25) is 0 Å². The molecule has 0 aliphatic carbocycles. The normalized spacial score (nSPS) is 10.7. The van der Waals surface area contributed by atoms with Crippen LogP contribution in [0.4, 0.5) is 33.6 Å². The Bertz CT molecular complexity index is 1070. The van der Waals surface area contributed by atoms with Crippen molar-refractivity contribution in [3.05, 3.63) is 96.3 Å². The highest BCUT2D eigenvalue weighted by Gasteiger charge is 2.07. The third-order valence-corrected chi connectivity index (χ3v) is 3.92. The summed E-state index contributed by atoms with van der Waals surface area (Å²) in [6.45, 7) is 0. The number of hydrogen-bond donors (Lipinski definition) is 3. The summed E-state index contributed by atoms with van der Waals surface area (Å²) < 4.78 is 13.3. The lowest BCUT2D eigenvalue weighted by molar-refractivity contribution is 0.627. The van der Waals surface area contributed by atoms with Gasteiger partial charge in [0.1, 0.15) is 5.82 Å². The smallest absolute Gasteiger partial charge is 0.250 e. The third-order valence-electron chi connectivity index (χ3n) is 3.92. The largest absolute Gasteiger partial charge is 0.324 e. The second-order valence-electron chi connectivity index (χ2n) is 6.21. The molecule has 0 saturated heterocycles. The minimum atomic E-state index is -0.331. The number of aromatic nitrogens is 3. The van der Waals surface area contributed by atoms with Gasteiger partial charge < -0.3 is 10.6 Å². The first kappa shape index (κ1) is 19.0. The van der Waals surface area contributed by atoms with Crippen molar-refractivity contribution in [2.45, 2.75) is 0 Å². The van der Waals surface area contributed by atoms with E-state index in [0.29, 0.717) is 17.5 Å². The summed E-state index contributed by atoms with van der Waals surface area (Å²) in [4.78, 5) is 13.1. The van der Waals surface area contributed by atoms with Crippen LogP contribution >= 0.6 is 0 Å². The topological polar surface area (TPSA) is 87.1 Å². The van der Waals surface area contributed by atoms with Crippen LogP contribution in [0.3, 0.4) is 0 Å². The summed E-state index contributed by atoms with van der Waals surface area (Å²) in [7, 11) is 0. The number of halogens is 1. The van der Waals surface area contributed by atoms with Gasteiger partial charge in [-0.15, -0.1) is 0 Å². The van der Waals surface area contributed by atoms with Gasteiger partial charge in [-0.05, 0) is 42.0 Å². The third kappa shape index (κ3) is 5.35. The van der Waals surface area contributed by atoms with Crippen molar-refractivity contribution in [1.29, 1.82) is 0 Å². The van der Waals surface area contributed by atoms with Crippen LogP contribution in [0.25, 0.3) is 0 Å². The Hall–Kier alpha value is -4.33. The SMILES string of the molecule is Fc1cccc(/C=N\Nc2nc(Nc3ccccc3)nc(Nc3ccccc3)n2)c1. The fourth-order valence-electron chi connectivity index (χ4n) is 2.59. The molecular formula is C22H18FN7. The summed E-state index contributed by atoms with van der Waals surface area (Å²) in [5.41, 5.74) is 5.06. The van der Waals surface area contributed by atoms with Crippen LogP contribution in [-0.2, 0) is 0 Å². The van der Waals surface area contributed by atoms with Gasteiger partial charge in [0.25, 0.3) is 0 Å². The minimum absolute atomic E-state index is 0.231. The van der Waals surface area contributed by atoms with Gasteiger partial charge in [-0.2, -0.15) is 20.1 Å². The van der Waals surface area contributed by atoms with Crippen LogP contribution in [0, 0.1) is 5.82 Å². The van der Waals surface area contributed by atoms with E-state index >= 15 is 0 Å². The van der Waals surface area contributed by atoms with Gasteiger partial charge in [0, 0.05) is 11.4 Å². The number of rotatable bonds is 7. The van der Waals surface area contributed by atoms with Crippen molar-refractivity contribution in [2.75, 3.05) is 16.1 Å². The average Bonchev–Trinajstić information content (AvgIpc) is 2.75. The van der Waals surface area contributed by atoms with Gasteiger partial charge in [-0.3, -0.25) is 0 Å². The Balaban J connectivity index is 1.57. The van der Waals surface area contributed by atoms with Gasteiger partial charge >= 0.3 is 0 Å². The molecule has 0 spiro atoms. The Labute approximate surface area is 172 Å². The Morgan fingerprint density at radius 2 is 1.23 bits per heavy atom. The highest BCUT2D eigenvalue weighted by molar-refractivity contribution is 5.80. The van der Waals surface area contributed by atoms with Gasteiger partial charge in [0.2, 0.25) is 17.8 Å². The summed E-state index contributed by atoms with van der Waals surface area (Å²) in [6, 6.07) is 25.2. The van der Waals surface area contributed by atoms with Crippen molar-refractivity contribution >= 4 is 35.4 Å². The van der Waals surface area contributed by atoms with E-state index < -0.39 is 0 Å². The van der Waals surface area contributed by atoms with E-state index in [-0.39, 0.29) is 11.8 Å². The van der Waals surface area contributed by atoms with Crippen LogP contribution in [0.15, 0.2) is 90.0 Å². The van der Waals surface area contributed by atoms with Crippen LogP contribution < -0.4 is 16.1 Å². The molecule has 0 aliphatic rings. The quantitative estimate of drug-likeness (QED) is 0.301. The number of anilines is 5. The highest BCUT2D eigenvalue weighted by atomic mass is 19.1. The van der Waals surface area contributed by atoms with Gasteiger partial charge in [-0.25, -0.2) is 9.82 Å². The first-order valence-electron chi connectivity index (χ1n) is 9.19. The van der Waals surface area contributed by atoms with Crippen LogP contribution in [0.5, 0.6) is 0 Å². The molecule has 0 aliphatic heterocycles. The fourth-order valence-corrected chi connectivity index (χ4v) is 2.59. The van der Waals surface area contributed by atoms with Crippen molar-refractivity contribution < 1.29 is 4.39 Å². The van der Waals surface area contributed by atoms with E-state index in [2.05, 4.69) is 36.1 Å². The van der Waals surface area contributed by atoms with E-state index in [1.807, 2.05) is 60.7 Å². The first-order valence-corrected chi connectivity index (χ1v) is 9.19. The Morgan fingerprint density at radius 1 is 0.667 bits per heavy atom. The lowest BCUT2D eigenvalue weighted by atomic mass is 10.2. The molecule has 0 radical (unpaired) electrons. The van der Waals surface area contributed by atoms with E-state index in [4.69, 9.17) is 0 Å². The minimum Gasteiger partial charge on any atom is -0.324 e. The molecule has 3 aromatic carbocycles. The lowest BCUT2D eigenvalue weighted by Crippen LogP contribution is -2.07. The number of nitrogens with one attached hydrogen (secondary N) is 3. The molecule has 0 atom stereocenters. The highest BCUT2D eigenvalue weighted by Crippen LogP contribution is 2.18. The molecule has 7 nitrogen and oxygen atoms in total. The monoisotopic (exact) mass is 399 g/mol. The Morgan fingerprint density at radius 3 is 1.80 bits per heavy atom. The summed E-state index contributed by atoms with van der Waals surface area (Å²) in [5.74, 6) is 0.591. The summed E-state index contributed by atoms with van der Waals surface area (Å²) in [5, 5.41) is 10.4. The number of nitrogens with zero attached hydrogens (tertiary/aromatic N) is 4. The zero-order chi connectivity index (χ0) is 20.6. The molecule has 8 heteroatoms. The summed E-state index contributed by atoms with van der Waals surface area (Å²) >= 11 is 0. The molecule has 0 saturated carbocycles. The molecule has 0 fully saturated rings. The second kappa shape index (κ2) is 9.24. The average molecular weight is 399 g/mol. The van der Waals surface area contributed by atoms with E-state index in [0.717, 1.165) is 11.4 Å². The molecule has 1 aromatic heterocycles. The summed E-state index contributed by atoms with van der Waals surface area (Å²) in [6.07, 6.45) is 1.49. The fraction of sp³-hybridized carbons (Fsp3) is 0. The lowest BCUT2D eigenvalue weighted by Gasteiger charge is -2.10. The van der Waals surface area contributed by atoms with Gasteiger partial charge in [0.05, 0.1) is 6.21 Å². The van der Waals surface area contributed by atoms with Crippen LogP contribution in [-0.4, -0.2) is 21.2 Å². The van der Waals surface area contributed by atoms with E-state index in [9.17, 15) is 4.39 Å². The van der Waals surface area contributed by atoms with Crippen molar-refractivity contribution in [3.63, 3.8) is 0 Å². The molecule has 1 heterocycles. The number of benzene rings is 3. The molecular weight excluding hydrogens is 381 g/mol. The zero-order valence-corrected chi connectivity index (χ0v) is 15.8. The molecule has 4 rings (SSSR count). The molecule has 148 valence electrons. The van der Waals surface area contributed by atoms with Crippen molar-refractivity contribution in [1.82, 2.24) is 15.0 Å². The number of hydrazone groups is 1. The van der Waals surface area contributed by atoms with Gasteiger partial charge in [-0.1, -0.05) is 48.5 Å². The number of hydrogen-bond acceptors (Lipinski definition) is 7. The van der Waals surface area contributed by atoms with Crippen LogP contribution in [0.1, 0.15) is 5.56 Å². The number of para-hydroxylation sites is 2. The second-order valence-corrected chi connectivity index (χ2v) is 6.21. The standard InChI is InChI=1S/C22H18FN7/c23-17-9-7-8-16(14-17)15-24-30-22-28-20(25-18-10-3-1-4-11-18)27-21(29-22)26-19-12-5-2-6-13-19/h1-15H,(H3,25,26,27,28,29,30)/b24-15-.